The van der Waals surface area contributed by atoms with Crippen LogP contribution in [0.2, 0.25) is 0 Å². The molecular formula is C11H14N2O2S. The molecular weight excluding hydrogens is 224 g/mol. The van der Waals surface area contributed by atoms with Gasteiger partial charge < -0.3 is 15.1 Å². The van der Waals surface area contributed by atoms with Crippen molar-refractivity contribution in [1.82, 2.24) is 0 Å². The number of oxime groups is 1. The molecule has 4 nitrogen and oxygen atoms in total. The Balaban J connectivity index is 2.97. The maximum atomic E-state index is 11.9. The Morgan fingerprint density at radius 1 is 1.62 bits per heavy atom. The van der Waals surface area contributed by atoms with Crippen LogP contribution in [0.5, 0.6) is 0 Å². The summed E-state index contributed by atoms with van der Waals surface area (Å²) in [6.07, 6.45) is 1.71. The summed E-state index contributed by atoms with van der Waals surface area (Å²) < 4.78 is 11.9. The first kappa shape index (κ1) is 12.6. The number of rotatable bonds is 4. The Morgan fingerprint density at radius 2 is 2.31 bits per heavy atom. The van der Waals surface area contributed by atoms with E-state index in [2.05, 4.69) is 17.1 Å². The van der Waals surface area contributed by atoms with Gasteiger partial charge in [0.1, 0.15) is 0 Å². The maximum absolute atomic E-state index is 11.9. The van der Waals surface area contributed by atoms with Crippen LogP contribution in [-0.4, -0.2) is 21.3 Å². The topological polar surface area (TPSA) is 67.7 Å². The SMILES string of the molecule is C=CCNc1ccccc1[S+]([O-])C(C)=NO. The average molecular weight is 238 g/mol. The van der Waals surface area contributed by atoms with E-state index < -0.39 is 11.2 Å². The molecule has 5 heteroatoms. The van der Waals surface area contributed by atoms with Gasteiger partial charge >= 0.3 is 0 Å². The number of benzene rings is 1. The van der Waals surface area contributed by atoms with Gasteiger partial charge in [0.25, 0.3) is 5.04 Å². The molecule has 0 aromatic heterocycles. The van der Waals surface area contributed by atoms with Crippen LogP contribution in [-0.2, 0) is 11.2 Å². The molecule has 1 rings (SSSR count). The van der Waals surface area contributed by atoms with Gasteiger partial charge in [-0.1, -0.05) is 18.2 Å². The van der Waals surface area contributed by atoms with Gasteiger partial charge in [0.15, 0.2) is 4.90 Å². The van der Waals surface area contributed by atoms with Crippen molar-refractivity contribution in [2.75, 3.05) is 11.9 Å². The quantitative estimate of drug-likeness (QED) is 0.211. The fraction of sp³-hybridized carbons (Fsp3) is 0.182. The Hall–Kier alpha value is -1.46. The molecule has 0 fully saturated rings. The standard InChI is InChI=1S/C11H14N2O2S/c1-3-8-12-10-6-4-5-7-11(10)16(15)9(2)13-14/h3-7,12,14H,1,8H2,2H3. The third-order valence-corrected chi connectivity index (χ3v) is 3.31. The predicted molar refractivity (Wildman–Crippen MR) is 66.4 cm³/mol. The molecule has 1 atom stereocenters. The number of nitrogens with zero attached hydrogens (tertiary/aromatic N) is 1. The van der Waals surface area contributed by atoms with Crippen molar-refractivity contribution in [3.05, 3.63) is 36.9 Å². The smallest absolute Gasteiger partial charge is 0.257 e. The number of anilines is 1. The Bertz CT molecular complexity index is 393. The van der Waals surface area contributed by atoms with Gasteiger partial charge in [-0.25, -0.2) is 0 Å². The summed E-state index contributed by atoms with van der Waals surface area (Å²) in [6, 6.07) is 7.19. The first-order chi connectivity index (χ1) is 7.70. The molecule has 0 aliphatic carbocycles. The summed E-state index contributed by atoms with van der Waals surface area (Å²) in [6.45, 7) is 5.70. The molecule has 0 saturated heterocycles. The lowest BCUT2D eigenvalue weighted by atomic mass is 10.3. The van der Waals surface area contributed by atoms with Crippen molar-refractivity contribution >= 4 is 21.9 Å². The van der Waals surface area contributed by atoms with Crippen molar-refractivity contribution in [3.63, 3.8) is 0 Å². The van der Waals surface area contributed by atoms with E-state index in [0.29, 0.717) is 11.4 Å². The minimum Gasteiger partial charge on any atom is -0.605 e. The molecule has 86 valence electrons. The maximum Gasteiger partial charge on any atom is 0.257 e. The fourth-order valence-electron chi connectivity index (χ4n) is 1.15. The van der Waals surface area contributed by atoms with Crippen LogP contribution in [0.15, 0.2) is 47.0 Å². The van der Waals surface area contributed by atoms with E-state index in [1.165, 1.54) is 6.92 Å². The summed E-state index contributed by atoms with van der Waals surface area (Å²) in [5.41, 5.74) is 0.753. The van der Waals surface area contributed by atoms with Gasteiger partial charge in [-0.3, -0.25) is 0 Å². The van der Waals surface area contributed by atoms with Crippen LogP contribution in [0, 0.1) is 0 Å². The molecule has 0 saturated carbocycles. The van der Waals surface area contributed by atoms with E-state index in [0.717, 1.165) is 5.69 Å². The molecule has 0 bridgehead atoms. The minimum absolute atomic E-state index is 0.174. The molecule has 0 aliphatic heterocycles. The summed E-state index contributed by atoms with van der Waals surface area (Å²) in [7, 11) is 0. The minimum atomic E-state index is -1.44. The van der Waals surface area contributed by atoms with E-state index >= 15 is 0 Å². The molecule has 1 unspecified atom stereocenters. The number of hydrogen-bond acceptors (Lipinski definition) is 4. The zero-order valence-corrected chi connectivity index (χ0v) is 9.83. The summed E-state index contributed by atoms with van der Waals surface area (Å²) in [4.78, 5) is 0.597. The van der Waals surface area contributed by atoms with Gasteiger partial charge in [0, 0.05) is 24.6 Å². The van der Waals surface area contributed by atoms with Gasteiger partial charge in [0.2, 0.25) is 0 Å². The van der Waals surface area contributed by atoms with Gasteiger partial charge in [-0.15, -0.1) is 6.58 Å². The van der Waals surface area contributed by atoms with Crippen molar-refractivity contribution in [1.29, 1.82) is 0 Å². The van der Waals surface area contributed by atoms with Crippen LogP contribution >= 0.6 is 0 Å². The Morgan fingerprint density at radius 3 is 2.94 bits per heavy atom. The molecule has 0 aliphatic rings. The van der Waals surface area contributed by atoms with Gasteiger partial charge in [-0.05, 0) is 17.3 Å². The van der Waals surface area contributed by atoms with E-state index in [1.54, 1.807) is 18.2 Å². The summed E-state index contributed by atoms with van der Waals surface area (Å²) >= 11 is -1.44. The number of nitrogens with one attached hydrogen (secondary N) is 1. The second-order valence-electron chi connectivity index (χ2n) is 3.05. The predicted octanol–water partition coefficient (Wildman–Crippen LogP) is 2.20. The lowest BCUT2D eigenvalue weighted by Crippen LogP contribution is -2.14. The lowest BCUT2D eigenvalue weighted by molar-refractivity contribution is 0.320. The monoisotopic (exact) mass is 238 g/mol. The lowest BCUT2D eigenvalue weighted by Gasteiger charge is -2.12. The van der Waals surface area contributed by atoms with Crippen molar-refractivity contribution in [2.24, 2.45) is 5.16 Å². The first-order valence-corrected chi connectivity index (χ1v) is 5.90. The molecule has 1 aromatic rings. The summed E-state index contributed by atoms with van der Waals surface area (Å²) in [5.74, 6) is 0. The highest BCUT2D eigenvalue weighted by Crippen LogP contribution is 2.22. The molecule has 0 amide bonds. The first-order valence-electron chi connectivity index (χ1n) is 4.75. The molecule has 1 aromatic carbocycles. The van der Waals surface area contributed by atoms with E-state index in [9.17, 15) is 4.55 Å². The molecule has 0 spiro atoms. The van der Waals surface area contributed by atoms with Crippen molar-refractivity contribution < 1.29 is 9.76 Å². The van der Waals surface area contributed by atoms with Crippen LogP contribution in [0.25, 0.3) is 0 Å². The highest BCUT2D eigenvalue weighted by atomic mass is 32.2. The Kier molecular flexibility index (Phi) is 4.88. The largest absolute Gasteiger partial charge is 0.605 e. The zero-order valence-electron chi connectivity index (χ0n) is 9.01. The summed E-state index contributed by atoms with van der Waals surface area (Å²) in [5, 5.41) is 14.8. The molecule has 2 N–H and O–H groups in total. The second-order valence-corrected chi connectivity index (χ2v) is 4.62. The molecule has 0 heterocycles. The normalized spacial score (nSPS) is 13.2. The Labute approximate surface area is 97.9 Å². The van der Waals surface area contributed by atoms with Gasteiger partial charge in [0.05, 0.1) is 5.69 Å². The van der Waals surface area contributed by atoms with Crippen LogP contribution in [0.1, 0.15) is 6.92 Å². The number of hydrogen-bond donors (Lipinski definition) is 2. The second kappa shape index (κ2) is 6.19. The highest BCUT2D eigenvalue weighted by molar-refractivity contribution is 8.06. The van der Waals surface area contributed by atoms with Crippen LogP contribution in [0.4, 0.5) is 5.69 Å². The van der Waals surface area contributed by atoms with E-state index in [-0.39, 0.29) is 5.04 Å². The zero-order chi connectivity index (χ0) is 12.0. The number of para-hydroxylation sites is 1. The highest BCUT2D eigenvalue weighted by Gasteiger charge is 2.19. The fourth-order valence-corrected chi connectivity index (χ4v) is 2.09. The molecule has 16 heavy (non-hydrogen) atoms. The van der Waals surface area contributed by atoms with E-state index in [4.69, 9.17) is 5.21 Å². The van der Waals surface area contributed by atoms with Crippen LogP contribution in [0.3, 0.4) is 0 Å². The van der Waals surface area contributed by atoms with Crippen molar-refractivity contribution in [2.45, 2.75) is 11.8 Å². The molecule has 0 radical (unpaired) electrons. The van der Waals surface area contributed by atoms with Crippen LogP contribution < -0.4 is 5.32 Å². The van der Waals surface area contributed by atoms with E-state index in [1.807, 2.05) is 12.1 Å². The third-order valence-electron chi connectivity index (χ3n) is 1.93. The van der Waals surface area contributed by atoms with Crippen molar-refractivity contribution in [3.8, 4) is 0 Å². The van der Waals surface area contributed by atoms with Gasteiger partial charge in [-0.2, -0.15) is 0 Å². The third kappa shape index (κ3) is 3.01. The average Bonchev–Trinajstić information content (AvgIpc) is 2.34.